The monoisotopic (exact) mass is 212 g/mol. The lowest BCUT2D eigenvalue weighted by atomic mass is 10.2. The van der Waals surface area contributed by atoms with E-state index in [0.717, 1.165) is 18.8 Å². The summed E-state index contributed by atoms with van der Waals surface area (Å²) >= 11 is 5.84. The molecule has 14 heavy (non-hydrogen) atoms. The number of rotatable bonds is 4. The highest BCUT2D eigenvalue weighted by Gasteiger charge is 2.06. The number of nitrogens with zero attached hydrogens (tertiary/aromatic N) is 2. The minimum absolute atomic E-state index is 0.560. The second kappa shape index (κ2) is 5.20. The number of hydrogen-bond acceptors (Lipinski definition) is 2. The fourth-order valence-corrected chi connectivity index (χ4v) is 1.61. The Balaban J connectivity index is 2.78. The molecular weight excluding hydrogens is 196 g/mol. The highest BCUT2D eigenvalue weighted by atomic mass is 35.5. The van der Waals surface area contributed by atoms with Crippen LogP contribution in [0.4, 0.5) is 5.69 Å². The van der Waals surface area contributed by atoms with Crippen molar-refractivity contribution in [3.63, 3.8) is 0 Å². The van der Waals surface area contributed by atoms with E-state index in [4.69, 9.17) is 11.6 Å². The van der Waals surface area contributed by atoms with Crippen molar-refractivity contribution >= 4 is 17.3 Å². The standard InChI is InChI=1S/C11H17ClN2/c1-4-14(8-9(2)3)10-5-6-13-11(12)7-10/h5-7,9H,4,8H2,1-3H3. The summed E-state index contributed by atoms with van der Waals surface area (Å²) in [5.74, 6) is 0.655. The van der Waals surface area contributed by atoms with Crippen LogP contribution >= 0.6 is 11.6 Å². The molecule has 0 atom stereocenters. The van der Waals surface area contributed by atoms with Crippen LogP contribution in [0, 0.1) is 5.92 Å². The molecule has 0 saturated heterocycles. The van der Waals surface area contributed by atoms with Crippen molar-refractivity contribution in [1.29, 1.82) is 0 Å². The maximum atomic E-state index is 5.84. The molecule has 0 saturated carbocycles. The van der Waals surface area contributed by atoms with Crippen molar-refractivity contribution < 1.29 is 0 Å². The highest BCUT2D eigenvalue weighted by molar-refractivity contribution is 6.29. The van der Waals surface area contributed by atoms with Crippen LogP contribution < -0.4 is 4.90 Å². The molecule has 78 valence electrons. The second-order valence-corrected chi connectivity index (χ2v) is 4.16. The van der Waals surface area contributed by atoms with Gasteiger partial charge >= 0.3 is 0 Å². The molecule has 0 N–H and O–H groups in total. The normalized spacial score (nSPS) is 10.6. The Morgan fingerprint density at radius 2 is 2.21 bits per heavy atom. The summed E-state index contributed by atoms with van der Waals surface area (Å²) in [6.45, 7) is 8.63. The molecule has 0 bridgehead atoms. The van der Waals surface area contributed by atoms with Gasteiger partial charge in [-0.05, 0) is 25.0 Å². The number of aromatic nitrogens is 1. The van der Waals surface area contributed by atoms with Crippen LogP contribution in [0.25, 0.3) is 0 Å². The summed E-state index contributed by atoms with van der Waals surface area (Å²) in [5.41, 5.74) is 1.15. The molecule has 1 aromatic rings. The first-order chi connectivity index (χ1) is 6.63. The van der Waals surface area contributed by atoms with Gasteiger partial charge in [-0.25, -0.2) is 4.98 Å². The average Bonchev–Trinajstić information content (AvgIpc) is 2.14. The van der Waals surface area contributed by atoms with E-state index >= 15 is 0 Å². The molecule has 0 aliphatic heterocycles. The minimum Gasteiger partial charge on any atom is -0.371 e. The van der Waals surface area contributed by atoms with Crippen LogP contribution in [0.3, 0.4) is 0 Å². The van der Waals surface area contributed by atoms with Crippen molar-refractivity contribution in [2.75, 3.05) is 18.0 Å². The number of pyridine rings is 1. The Morgan fingerprint density at radius 1 is 1.50 bits per heavy atom. The summed E-state index contributed by atoms with van der Waals surface area (Å²) < 4.78 is 0. The molecule has 0 aliphatic rings. The van der Waals surface area contributed by atoms with Gasteiger partial charge in [-0.2, -0.15) is 0 Å². The van der Waals surface area contributed by atoms with Gasteiger partial charge in [0.05, 0.1) is 0 Å². The van der Waals surface area contributed by atoms with Gasteiger partial charge in [-0.15, -0.1) is 0 Å². The molecule has 0 spiro atoms. The molecule has 0 amide bonds. The van der Waals surface area contributed by atoms with Gasteiger partial charge in [0.15, 0.2) is 0 Å². The van der Waals surface area contributed by atoms with E-state index in [1.807, 2.05) is 12.1 Å². The van der Waals surface area contributed by atoms with Crippen LogP contribution in [0.15, 0.2) is 18.3 Å². The van der Waals surface area contributed by atoms with Gasteiger partial charge in [0.2, 0.25) is 0 Å². The fourth-order valence-electron chi connectivity index (χ4n) is 1.45. The Labute approximate surface area is 90.9 Å². The summed E-state index contributed by atoms with van der Waals surface area (Å²) in [5, 5.41) is 0.560. The van der Waals surface area contributed by atoms with Crippen molar-refractivity contribution in [2.45, 2.75) is 20.8 Å². The van der Waals surface area contributed by atoms with Crippen molar-refractivity contribution in [3.8, 4) is 0 Å². The van der Waals surface area contributed by atoms with E-state index in [1.165, 1.54) is 0 Å². The lowest BCUT2D eigenvalue weighted by Crippen LogP contribution is -2.27. The van der Waals surface area contributed by atoms with Crippen LogP contribution in [0.5, 0.6) is 0 Å². The Morgan fingerprint density at radius 3 is 2.71 bits per heavy atom. The SMILES string of the molecule is CCN(CC(C)C)c1ccnc(Cl)c1. The minimum atomic E-state index is 0.560. The first-order valence-electron chi connectivity index (χ1n) is 5.00. The third-order valence-electron chi connectivity index (χ3n) is 2.04. The zero-order chi connectivity index (χ0) is 10.6. The molecule has 1 heterocycles. The molecule has 0 fully saturated rings. The molecule has 0 unspecified atom stereocenters. The summed E-state index contributed by atoms with van der Waals surface area (Å²) in [7, 11) is 0. The molecule has 1 rings (SSSR count). The first-order valence-corrected chi connectivity index (χ1v) is 5.37. The zero-order valence-electron chi connectivity index (χ0n) is 9.00. The predicted molar refractivity (Wildman–Crippen MR) is 62.0 cm³/mol. The number of hydrogen-bond donors (Lipinski definition) is 0. The lowest BCUT2D eigenvalue weighted by molar-refractivity contribution is 0.618. The van der Waals surface area contributed by atoms with Crippen molar-refractivity contribution in [1.82, 2.24) is 4.98 Å². The zero-order valence-corrected chi connectivity index (χ0v) is 9.75. The van der Waals surface area contributed by atoms with E-state index in [-0.39, 0.29) is 0 Å². The van der Waals surface area contributed by atoms with Gasteiger partial charge in [0.25, 0.3) is 0 Å². The second-order valence-electron chi connectivity index (χ2n) is 3.77. The van der Waals surface area contributed by atoms with Crippen LogP contribution in [0.1, 0.15) is 20.8 Å². The molecular formula is C11H17ClN2. The summed E-state index contributed by atoms with van der Waals surface area (Å²) in [6.07, 6.45) is 1.75. The van der Waals surface area contributed by atoms with Crippen molar-refractivity contribution in [2.24, 2.45) is 5.92 Å². The molecule has 1 aromatic heterocycles. The van der Waals surface area contributed by atoms with Gasteiger partial charge in [-0.3, -0.25) is 0 Å². The molecule has 2 nitrogen and oxygen atoms in total. The summed E-state index contributed by atoms with van der Waals surface area (Å²) in [4.78, 5) is 6.28. The van der Waals surface area contributed by atoms with Crippen LogP contribution in [-0.4, -0.2) is 18.1 Å². The maximum Gasteiger partial charge on any atom is 0.131 e. The molecule has 0 aliphatic carbocycles. The van der Waals surface area contributed by atoms with E-state index in [9.17, 15) is 0 Å². The number of halogens is 1. The van der Waals surface area contributed by atoms with E-state index in [0.29, 0.717) is 11.1 Å². The average molecular weight is 213 g/mol. The maximum absolute atomic E-state index is 5.84. The Kier molecular flexibility index (Phi) is 4.21. The largest absolute Gasteiger partial charge is 0.371 e. The topological polar surface area (TPSA) is 16.1 Å². The van der Waals surface area contributed by atoms with Crippen LogP contribution in [0.2, 0.25) is 5.15 Å². The molecule has 3 heteroatoms. The fraction of sp³-hybridized carbons (Fsp3) is 0.545. The number of anilines is 1. The van der Waals surface area contributed by atoms with E-state index in [2.05, 4.69) is 30.7 Å². The first kappa shape index (κ1) is 11.3. The van der Waals surface area contributed by atoms with Crippen LogP contribution in [-0.2, 0) is 0 Å². The van der Waals surface area contributed by atoms with Gasteiger partial charge in [-0.1, -0.05) is 25.4 Å². The van der Waals surface area contributed by atoms with Gasteiger partial charge < -0.3 is 4.90 Å². The third kappa shape index (κ3) is 3.18. The summed E-state index contributed by atoms with van der Waals surface area (Å²) in [6, 6.07) is 3.91. The van der Waals surface area contributed by atoms with Gasteiger partial charge in [0.1, 0.15) is 5.15 Å². The van der Waals surface area contributed by atoms with Crippen molar-refractivity contribution in [3.05, 3.63) is 23.5 Å². The smallest absolute Gasteiger partial charge is 0.131 e. The quantitative estimate of drug-likeness (QED) is 0.713. The highest BCUT2D eigenvalue weighted by Crippen LogP contribution is 2.18. The Hall–Kier alpha value is -0.760. The molecule has 0 aromatic carbocycles. The van der Waals surface area contributed by atoms with E-state index < -0.39 is 0 Å². The van der Waals surface area contributed by atoms with Gasteiger partial charge in [0, 0.05) is 25.0 Å². The van der Waals surface area contributed by atoms with E-state index in [1.54, 1.807) is 6.20 Å². The predicted octanol–water partition coefficient (Wildman–Crippen LogP) is 3.22. The molecule has 0 radical (unpaired) electrons. The lowest BCUT2D eigenvalue weighted by Gasteiger charge is -2.24. The Bertz CT molecular complexity index is 286. The third-order valence-corrected chi connectivity index (χ3v) is 2.25.